The zero-order valence-electron chi connectivity index (χ0n) is 15.0. The average Bonchev–Trinajstić information content (AvgIpc) is 3.43. The fraction of sp³-hybridized carbons (Fsp3) is 0.333. The van der Waals surface area contributed by atoms with E-state index in [2.05, 4.69) is 24.5 Å². The lowest BCUT2D eigenvalue weighted by Gasteiger charge is -2.18. The molecule has 136 valence electrons. The first-order chi connectivity index (χ1) is 12.4. The summed E-state index contributed by atoms with van der Waals surface area (Å²) in [5.41, 5.74) is 1.85. The number of hydrogen-bond donors (Lipinski definition) is 2. The normalized spacial score (nSPS) is 14.8. The van der Waals surface area contributed by atoms with Crippen LogP contribution in [0.3, 0.4) is 0 Å². The third-order valence-electron chi connectivity index (χ3n) is 4.82. The van der Waals surface area contributed by atoms with Gasteiger partial charge < -0.3 is 10.6 Å². The summed E-state index contributed by atoms with van der Waals surface area (Å²) in [6.07, 6.45) is 1.16. The lowest BCUT2D eigenvalue weighted by Crippen LogP contribution is -2.39. The molecular formula is C21H23ClN2O2. The Hall–Kier alpha value is -2.33. The zero-order valence-corrected chi connectivity index (χ0v) is 15.8. The minimum atomic E-state index is -0.948. The Morgan fingerprint density at radius 1 is 1.04 bits per heavy atom. The molecule has 0 spiro atoms. The van der Waals surface area contributed by atoms with Gasteiger partial charge in [0.25, 0.3) is 0 Å². The van der Waals surface area contributed by atoms with E-state index in [9.17, 15) is 9.59 Å². The highest BCUT2D eigenvalue weighted by molar-refractivity contribution is 6.30. The summed E-state index contributed by atoms with van der Waals surface area (Å²) in [6, 6.07) is 15.0. The smallest absolute Gasteiger partial charge is 0.240 e. The third-order valence-corrected chi connectivity index (χ3v) is 5.07. The van der Waals surface area contributed by atoms with Gasteiger partial charge in [-0.15, -0.1) is 0 Å². The number of carbonyl (C=O) groups is 2. The molecule has 0 atom stereocenters. The van der Waals surface area contributed by atoms with Crippen molar-refractivity contribution in [2.75, 3.05) is 5.32 Å². The molecule has 1 fully saturated rings. The topological polar surface area (TPSA) is 58.2 Å². The lowest BCUT2D eigenvalue weighted by molar-refractivity contribution is -0.134. The first kappa shape index (κ1) is 18.5. The molecule has 0 heterocycles. The molecule has 0 radical (unpaired) electrons. The number of benzene rings is 2. The van der Waals surface area contributed by atoms with Gasteiger partial charge in [-0.3, -0.25) is 9.59 Å². The molecule has 0 aliphatic heterocycles. The molecule has 0 saturated heterocycles. The molecule has 1 aliphatic rings. The highest BCUT2D eigenvalue weighted by Crippen LogP contribution is 2.47. The van der Waals surface area contributed by atoms with Gasteiger partial charge >= 0.3 is 0 Å². The Morgan fingerprint density at radius 3 is 2.31 bits per heavy atom. The first-order valence-corrected chi connectivity index (χ1v) is 9.23. The number of halogens is 1. The maximum absolute atomic E-state index is 12.8. The molecule has 4 nitrogen and oxygen atoms in total. The second-order valence-electron chi connectivity index (χ2n) is 7.09. The first-order valence-electron chi connectivity index (χ1n) is 8.85. The van der Waals surface area contributed by atoms with Crippen LogP contribution in [0.25, 0.3) is 0 Å². The predicted octanol–water partition coefficient (Wildman–Crippen LogP) is 4.50. The van der Waals surface area contributed by atoms with Crippen LogP contribution in [0.5, 0.6) is 0 Å². The fourth-order valence-electron chi connectivity index (χ4n) is 2.99. The van der Waals surface area contributed by atoms with E-state index in [0.29, 0.717) is 30.3 Å². The second-order valence-corrected chi connectivity index (χ2v) is 7.52. The highest BCUT2D eigenvalue weighted by atomic mass is 35.5. The monoisotopic (exact) mass is 370 g/mol. The molecule has 2 aromatic rings. The van der Waals surface area contributed by atoms with E-state index in [4.69, 9.17) is 11.6 Å². The number of carbonyl (C=O) groups excluding carboxylic acids is 2. The third kappa shape index (κ3) is 3.91. The molecule has 1 saturated carbocycles. The van der Waals surface area contributed by atoms with Crippen LogP contribution >= 0.6 is 11.6 Å². The van der Waals surface area contributed by atoms with Crippen LogP contribution in [0, 0.1) is 5.41 Å². The number of amides is 2. The quantitative estimate of drug-likeness (QED) is 0.735. The molecule has 0 unspecified atom stereocenters. The van der Waals surface area contributed by atoms with E-state index in [1.807, 2.05) is 36.4 Å². The van der Waals surface area contributed by atoms with Crippen molar-refractivity contribution < 1.29 is 9.59 Å². The molecule has 2 amide bonds. The Kier molecular flexibility index (Phi) is 5.33. The number of hydrogen-bond acceptors (Lipinski definition) is 2. The molecule has 2 N–H and O–H groups in total. The van der Waals surface area contributed by atoms with Gasteiger partial charge in [0.15, 0.2) is 0 Å². The Labute approximate surface area is 158 Å². The maximum atomic E-state index is 12.8. The van der Waals surface area contributed by atoms with Crippen molar-refractivity contribution in [2.24, 2.45) is 5.41 Å². The predicted molar refractivity (Wildman–Crippen MR) is 104 cm³/mol. The molecular weight excluding hydrogens is 348 g/mol. The standard InChI is InChI=1S/C21H23ClN2O2/c1-14(2)17-5-3-4-6-18(17)24-20(26)21(11-12-21)19(25)23-13-15-7-9-16(22)10-8-15/h3-10,14H,11-13H2,1-2H3,(H,23,25)(H,24,26). The van der Waals surface area contributed by atoms with Crippen LogP contribution in [-0.2, 0) is 16.1 Å². The number of anilines is 1. The van der Waals surface area contributed by atoms with E-state index < -0.39 is 5.41 Å². The van der Waals surface area contributed by atoms with E-state index in [1.54, 1.807) is 12.1 Å². The average molecular weight is 371 g/mol. The Bertz CT molecular complexity index is 811. The summed E-state index contributed by atoms with van der Waals surface area (Å²) in [5.74, 6) is -0.147. The minimum Gasteiger partial charge on any atom is -0.351 e. The van der Waals surface area contributed by atoms with Crippen LogP contribution in [0.2, 0.25) is 5.02 Å². The molecule has 0 aromatic heterocycles. The molecule has 5 heteroatoms. The number of nitrogens with one attached hydrogen (secondary N) is 2. The van der Waals surface area contributed by atoms with Gasteiger partial charge in [-0.1, -0.05) is 55.8 Å². The second kappa shape index (κ2) is 7.50. The van der Waals surface area contributed by atoms with Crippen molar-refractivity contribution in [1.29, 1.82) is 0 Å². The summed E-state index contributed by atoms with van der Waals surface area (Å²) in [7, 11) is 0. The van der Waals surface area contributed by atoms with Crippen molar-refractivity contribution in [3.8, 4) is 0 Å². The molecule has 2 aromatic carbocycles. The van der Waals surface area contributed by atoms with Gasteiger partial charge in [0, 0.05) is 17.3 Å². The largest absolute Gasteiger partial charge is 0.351 e. The van der Waals surface area contributed by atoms with E-state index in [0.717, 1.165) is 16.8 Å². The van der Waals surface area contributed by atoms with Crippen molar-refractivity contribution in [3.05, 3.63) is 64.7 Å². The van der Waals surface area contributed by atoms with Crippen LogP contribution in [0.1, 0.15) is 43.7 Å². The van der Waals surface area contributed by atoms with Crippen LogP contribution in [-0.4, -0.2) is 11.8 Å². The van der Waals surface area contributed by atoms with Crippen molar-refractivity contribution >= 4 is 29.1 Å². The van der Waals surface area contributed by atoms with Gasteiger partial charge in [-0.25, -0.2) is 0 Å². The van der Waals surface area contributed by atoms with E-state index in [1.165, 1.54) is 0 Å². The van der Waals surface area contributed by atoms with Gasteiger partial charge in [0.2, 0.25) is 11.8 Å². The SMILES string of the molecule is CC(C)c1ccccc1NC(=O)C1(C(=O)NCc2ccc(Cl)cc2)CC1. The summed E-state index contributed by atoms with van der Waals surface area (Å²) in [6.45, 7) is 4.54. The van der Waals surface area contributed by atoms with Gasteiger partial charge in [-0.05, 0) is 48.1 Å². The minimum absolute atomic E-state index is 0.216. The number of rotatable bonds is 6. The Morgan fingerprint density at radius 2 is 1.69 bits per heavy atom. The van der Waals surface area contributed by atoms with Crippen molar-refractivity contribution in [3.63, 3.8) is 0 Å². The lowest BCUT2D eigenvalue weighted by atomic mass is 9.99. The molecule has 0 bridgehead atoms. The summed E-state index contributed by atoms with van der Waals surface area (Å²) < 4.78 is 0. The van der Waals surface area contributed by atoms with Crippen LogP contribution < -0.4 is 10.6 Å². The number of para-hydroxylation sites is 1. The van der Waals surface area contributed by atoms with E-state index in [-0.39, 0.29) is 11.8 Å². The van der Waals surface area contributed by atoms with Gasteiger partial charge in [0.1, 0.15) is 5.41 Å². The van der Waals surface area contributed by atoms with Crippen molar-refractivity contribution in [1.82, 2.24) is 5.32 Å². The highest BCUT2D eigenvalue weighted by Gasteiger charge is 2.56. The summed E-state index contributed by atoms with van der Waals surface area (Å²) in [4.78, 5) is 25.4. The molecule has 1 aliphatic carbocycles. The molecule has 3 rings (SSSR count). The molecule has 26 heavy (non-hydrogen) atoms. The fourth-order valence-corrected chi connectivity index (χ4v) is 3.12. The Balaban J connectivity index is 1.65. The maximum Gasteiger partial charge on any atom is 0.240 e. The van der Waals surface area contributed by atoms with Crippen LogP contribution in [0.15, 0.2) is 48.5 Å². The van der Waals surface area contributed by atoms with Crippen molar-refractivity contribution in [2.45, 2.75) is 39.2 Å². The van der Waals surface area contributed by atoms with E-state index >= 15 is 0 Å². The summed E-state index contributed by atoms with van der Waals surface area (Å²) in [5, 5.41) is 6.50. The van der Waals surface area contributed by atoms with Gasteiger partial charge in [-0.2, -0.15) is 0 Å². The zero-order chi connectivity index (χ0) is 18.7. The summed E-state index contributed by atoms with van der Waals surface area (Å²) >= 11 is 5.87. The van der Waals surface area contributed by atoms with Gasteiger partial charge in [0.05, 0.1) is 0 Å². The van der Waals surface area contributed by atoms with Crippen LogP contribution in [0.4, 0.5) is 5.69 Å².